The van der Waals surface area contributed by atoms with E-state index in [0.717, 1.165) is 31.5 Å². The molecule has 0 atom stereocenters. The number of carbonyl (C=O) groups excluding carboxylic acids is 1. The van der Waals surface area contributed by atoms with Crippen LogP contribution >= 0.6 is 0 Å². The summed E-state index contributed by atoms with van der Waals surface area (Å²) >= 11 is 0. The van der Waals surface area contributed by atoms with E-state index in [4.69, 9.17) is 9.47 Å². The normalized spacial score (nSPS) is 21.8. The van der Waals surface area contributed by atoms with Crippen molar-refractivity contribution in [3.63, 3.8) is 0 Å². The summed E-state index contributed by atoms with van der Waals surface area (Å²) in [6, 6.07) is 9.78. The minimum absolute atomic E-state index is 0.170. The van der Waals surface area contributed by atoms with E-state index in [-0.39, 0.29) is 11.7 Å². The molecule has 2 aliphatic rings. The van der Waals surface area contributed by atoms with Gasteiger partial charge in [-0.15, -0.1) is 0 Å². The summed E-state index contributed by atoms with van der Waals surface area (Å²) < 4.78 is 11.5. The summed E-state index contributed by atoms with van der Waals surface area (Å²) in [6.45, 7) is 4.23. The predicted octanol–water partition coefficient (Wildman–Crippen LogP) is 2.12. The monoisotopic (exact) mass is 304 g/mol. The van der Waals surface area contributed by atoms with Gasteiger partial charge in [-0.3, -0.25) is 0 Å². The van der Waals surface area contributed by atoms with E-state index in [1.54, 1.807) is 4.90 Å². The number of carbonyl (C=O) groups is 1. The molecule has 2 fully saturated rings. The van der Waals surface area contributed by atoms with Crippen LogP contribution in [0.2, 0.25) is 0 Å². The van der Waals surface area contributed by atoms with Crippen molar-refractivity contribution in [2.24, 2.45) is 0 Å². The minimum atomic E-state index is -0.231. The van der Waals surface area contributed by atoms with E-state index in [1.165, 1.54) is 0 Å². The lowest BCUT2D eigenvalue weighted by Crippen LogP contribution is -2.57. The lowest BCUT2D eigenvalue weighted by molar-refractivity contribution is -0.128. The first-order valence-electron chi connectivity index (χ1n) is 7.95. The van der Waals surface area contributed by atoms with Crippen LogP contribution in [0.3, 0.4) is 0 Å². The first-order valence-corrected chi connectivity index (χ1v) is 7.95. The quantitative estimate of drug-likeness (QED) is 0.839. The SMILES string of the molecule is CN1CCC2(CC1)CN(C(=O)OCc1ccccc1)CCO2. The number of likely N-dealkylation sites (tertiary alicyclic amines) is 1. The van der Waals surface area contributed by atoms with Gasteiger partial charge >= 0.3 is 6.09 Å². The highest BCUT2D eigenvalue weighted by Crippen LogP contribution is 2.29. The molecule has 0 N–H and O–H groups in total. The summed E-state index contributed by atoms with van der Waals surface area (Å²) in [5.74, 6) is 0. The van der Waals surface area contributed by atoms with E-state index in [1.807, 2.05) is 30.3 Å². The number of nitrogens with zero attached hydrogens (tertiary/aromatic N) is 2. The highest BCUT2D eigenvalue weighted by atomic mass is 16.6. The molecule has 3 rings (SSSR count). The number of hydrogen-bond donors (Lipinski definition) is 0. The number of rotatable bonds is 2. The fourth-order valence-corrected chi connectivity index (χ4v) is 3.14. The number of amides is 1. The Hall–Kier alpha value is -1.59. The third-order valence-electron chi connectivity index (χ3n) is 4.61. The molecule has 0 radical (unpaired) electrons. The minimum Gasteiger partial charge on any atom is -0.445 e. The zero-order chi connectivity index (χ0) is 15.4. The molecule has 22 heavy (non-hydrogen) atoms. The molecule has 2 aliphatic heterocycles. The second-order valence-corrected chi connectivity index (χ2v) is 6.30. The molecule has 0 aliphatic carbocycles. The molecule has 1 aromatic carbocycles. The standard InChI is InChI=1S/C17H24N2O3/c1-18-9-7-17(8-10-18)14-19(11-12-22-17)16(20)21-13-15-5-3-2-4-6-15/h2-6H,7-14H2,1H3. The van der Waals surface area contributed by atoms with Gasteiger partial charge in [-0.2, -0.15) is 0 Å². The van der Waals surface area contributed by atoms with Gasteiger partial charge in [0.25, 0.3) is 0 Å². The molecule has 1 aromatic rings. The number of hydrogen-bond acceptors (Lipinski definition) is 4. The van der Waals surface area contributed by atoms with Gasteiger partial charge in [0.2, 0.25) is 0 Å². The summed E-state index contributed by atoms with van der Waals surface area (Å²) in [5, 5.41) is 0. The van der Waals surface area contributed by atoms with E-state index in [9.17, 15) is 4.79 Å². The van der Waals surface area contributed by atoms with Crippen molar-refractivity contribution >= 4 is 6.09 Å². The van der Waals surface area contributed by atoms with Crippen molar-refractivity contribution in [2.75, 3.05) is 39.8 Å². The van der Waals surface area contributed by atoms with Gasteiger partial charge in [-0.05, 0) is 25.5 Å². The summed E-state index contributed by atoms with van der Waals surface area (Å²) in [5.41, 5.74) is 0.842. The van der Waals surface area contributed by atoms with Crippen molar-refractivity contribution in [2.45, 2.75) is 25.0 Å². The molecular weight excluding hydrogens is 280 g/mol. The largest absolute Gasteiger partial charge is 0.445 e. The van der Waals surface area contributed by atoms with Crippen LogP contribution < -0.4 is 0 Å². The van der Waals surface area contributed by atoms with Gasteiger partial charge in [0.05, 0.1) is 18.8 Å². The van der Waals surface area contributed by atoms with Crippen molar-refractivity contribution < 1.29 is 14.3 Å². The molecule has 0 bridgehead atoms. The summed E-state index contributed by atoms with van der Waals surface area (Å²) in [7, 11) is 2.13. The third-order valence-corrected chi connectivity index (χ3v) is 4.61. The van der Waals surface area contributed by atoms with E-state index < -0.39 is 0 Å². The lowest BCUT2D eigenvalue weighted by Gasteiger charge is -2.46. The Balaban J connectivity index is 1.54. The van der Waals surface area contributed by atoms with Gasteiger partial charge < -0.3 is 19.3 Å². The number of ether oxygens (including phenoxy) is 2. The number of piperidine rings is 1. The summed E-state index contributed by atoms with van der Waals surface area (Å²) in [6.07, 6.45) is 1.73. The Bertz CT molecular complexity index is 498. The average molecular weight is 304 g/mol. The Kier molecular flexibility index (Phi) is 4.64. The number of morpholine rings is 1. The molecule has 5 nitrogen and oxygen atoms in total. The molecule has 5 heteroatoms. The van der Waals surface area contributed by atoms with Crippen LogP contribution in [-0.2, 0) is 16.1 Å². The lowest BCUT2D eigenvalue weighted by atomic mass is 9.90. The zero-order valence-electron chi connectivity index (χ0n) is 13.2. The summed E-state index contributed by atoms with van der Waals surface area (Å²) in [4.78, 5) is 16.4. The molecule has 2 heterocycles. The maximum atomic E-state index is 12.3. The van der Waals surface area contributed by atoms with Gasteiger partial charge in [-0.25, -0.2) is 4.79 Å². The molecule has 1 spiro atoms. The van der Waals surface area contributed by atoms with E-state index in [0.29, 0.717) is 26.3 Å². The molecular formula is C17H24N2O3. The van der Waals surface area contributed by atoms with Crippen LogP contribution in [0.5, 0.6) is 0 Å². The highest BCUT2D eigenvalue weighted by Gasteiger charge is 2.40. The fraction of sp³-hybridized carbons (Fsp3) is 0.588. The van der Waals surface area contributed by atoms with E-state index in [2.05, 4.69) is 11.9 Å². The van der Waals surface area contributed by atoms with Crippen molar-refractivity contribution in [3.05, 3.63) is 35.9 Å². The predicted molar refractivity (Wildman–Crippen MR) is 83.6 cm³/mol. The van der Waals surface area contributed by atoms with Gasteiger partial charge in [0.1, 0.15) is 6.61 Å². The molecule has 120 valence electrons. The van der Waals surface area contributed by atoms with Gasteiger partial charge in [0.15, 0.2) is 0 Å². The van der Waals surface area contributed by atoms with Crippen LogP contribution in [0.15, 0.2) is 30.3 Å². The molecule has 0 saturated carbocycles. The smallest absolute Gasteiger partial charge is 0.410 e. The second kappa shape index (κ2) is 6.67. The molecule has 0 unspecified atom stereocenters. The third kappa shape index (κ3) is 3.59. The first kappa shape index (κ1) is 15.3. The van der Waals surface area contributed by atoms with Crippen molar-refractivity contribution in [1.29, 1.82) is 0 Å². The molecule has 2 saturated heterocycles. The van der Waals surface area contributed by atoms with Crippen LogP contribution in [0.1, 0.15) is 18.4 Å². The first-order chi connectivity index (χ1) is 10.7. The van der Waals surface area contributed by atoms with Crippen LogP contribution in [0.25, 0.3) is 0 Å². The Labute approximate surface area is 131 Å². The Morgan fingerprint density at radius 2 is 1.95 bits per heavy atom. The van der Waals surface area contributed by atoms with Crippen molar-refractivity contribution in [3.8, 4) is 0 Å². The van der Waals surface area contributed by atoms with E-state index >= 15 is 0 Å². The van der Waals surface area contributed by atoms with Crippen LogP contribution in [-0.4, -0.2) is 61.3 Å². The maximum absolute atomic E-state index is 12.3. The molecule has 1 amide bonds. The van der Waals surface area contributed by atoms with Crippen LogP contribution in [0, 0.1) is 0 Å². The topological polar surface area (TPSA) is 42.0 Å². The maximum Gasteiger partial charge on any atom is 0.410 e. The molecule has 0 aromatic heterocycles. The van der Waals surface area contributed by atoms with Gasteiger partial charge in [-0.1, -0.05) is 30.3 Å². The van der Waals surface area contributed by atoms with Gasteiger partial charge in [0, 0.05) is 19.6 Å². The second-order valence-electron chi connectivity index (χ2n) is 6.30. The Morgan fingerprint density at radius 3 is 2.68 bits per heavy atom. The Morgan fingerprint density at radius 1 is 1.23 bits per heavy atom. The average Bonchev–Trinajstić information content (AvgIpc) is 2.57. The number of benzene rings is 1. The van der Waals surface area contributed by atoms with Crippen molar-refractivity contribution in [1.82, 2.24) is 9.80 Å². The zero-order valence-corrected chi connectivity index (χ0v) is 13.2. The fourth-order valence-electron chi connectivity index (χ4n) is 3.14. The highest BCUT2D eigenvalue weighted by molar-refractivity contribution is 5.67. The van der Waals surface area contributed by atoms with Crippen LogP contribution in [0.4, 0.5) is 4.79 Å².